The summed E-state index contributed by atoms with van der Waals surface area (Å²) in [5, 5.41) is 7.37. The van der Waals surface area contributed by atoms with Crippen LogP contribution in [0.25, 0.3) is 0 Å². The molecule has 0 saturated heterocycles. The largest absolute Gasteiger partial charge is 0.394 e. The van der Waals surface area contributed by atoms with Gasteiger partial charge in [-0.05, 0) is 26.2 Å². The van der Waals surface area contributed by atoms with Crippen molar-refractivity contribution in [1.29, 1.82) is 0 Å². The molecule has 0 radical (unpaired) electrons. The Morgan fingerprint density at radius 3 is 2.58 bits per heavy atom. The number of aromatic nitrogens is 2. The van der Waals surface area contributed by atoms with Gasteiger partial charge in [0.2, 0.25) is 0 Å². The lowest BCUT2D eigenvalue weighted by atomic mass is 10.2. The van der Waals surface area contributed by atoms with Gasteiger partial charge < -0.3 is 11.1 Å². The predicted molar refractivity (Wildman–Crippen MR) is 70.1 cm³/mol. The molecule has 7 heteroatoms. The van der Waals surface area contributed by atoms with E-state index < -0.39 is 12.6 Å². The molecule has 4 nitrogen and oxygen atoms in total. The Balaban J connectivity index is 2.44. The van der Waals surface area contributed by atoms with Crippen LogP contribution in [0.3, 0.4) is 0 Å². The minimum absolute atomic E-state index is 0.122. The molecule has 0 aliphatic heterocycles. The van der Waals surface area contributed by atoms with Gasteiger partial charge in [0.25, 0.3) is 0 Å². The molecule has 0 fully saturated rings. The molecule has 0 bridgehead atoms. The number of aryl methyl sites for hydroxylation is 2. The Morgan fingerprint density at radius 1 is 1.32 bits per heavy atom. The van der Waals surface area contributed by atoms with Crippen molar-refractivity contribution in [1.82, 2.24) is 9.78 Å². The fraction of sp³-hybridized carbons (Fsp3) is 0.750. The molecule has 0 atom stereocenters. The zero-order chi connectivity index (χ0) is 14.5. The molecule has 1 heterocycles. The number of halogens is 3. The Bertz CT molecular complexity index is 398. The van der Waals surface area contributed by atoms with Crippen LogP contribution in [0.4, 0.5) is 24.7 Å². The standard InChI is InChI=1S/C12H21F3N4/c1-3-8-19-11(10(16)9(2)18-19)17-7-5-4-6-12(13,14)15/h17H,3-8,16H2,1-2H3. The van der Waals surface area contributed by atoms with Crippen LogP contribution in [0.2, 0.25) is 0 Å². The number of nitrogens with two attached hydrogens (primary N) is 1. The topological polar surface area (TPSA) is 55.9 Å². The van der Waals surface area contributed by atoms with Gasteiger partial charge in [0.15, 0.2) is 0 Å². The first kappa shape index (κ1) is 15.7. The van der Waals surface area contributed by atoms with Gasteiger partial charge in [-0.3, -0.25) is 0 Å². The van der Waals surface area contributed by atoms with Crippen molar-refractivity contribution in [3.8, 4) is 0 Å². The summed E-state index contributed by atoms with van der Waals surface area (Å²) in [6, 6.07) is 0. The molecule has 0 aliphatic carbocycles. The highest BCUT2D eigenvalue weighted by molar-refractivity contribution is 5.64. The van der Waals surface area contributed by atoms with E-state index >= 15 is 0 Å². The maximum absolute atomic E-state index is 12.0. The van der Waals surface area contributed by atoms with Crippen molar-refractivity contribution >= 4 is 11.5 Å². The van der Waals surface area contributed by atoms with E-state index in [1.807, 2.05) is 13.8 Å². The number of hydrogen-bond acceptors (Lipinski definition) is 3. The molecule has 1 aromatic heterocycles. The van der Waals surface area contributed by atoms with E-state index in [0.29, 0.717) is 24.5 Å². The molecule has 0 spiro atoms. The average Bonchev–Trinajstić information content (AvgIpc) is 2.55. The Hall–Kier alpha value is -1.40. The van der Waals surface area contributed by atoms with Crippen LogP contribution in [-0.4, -0.2) is 22.5 Å². The summed E-state index contributed by atoms with van der Waals surface area (Å²) in [4.78, 5) is 0. The smallest absolute Gasteiger partial charge is 0.389 e. The Labute approximate surface area is 111 Å². The zero-order valence-electron chi connectivity index (χ0n) is 11.3. The zero-order valence-corrected chi connectivity index (χ0v) is 11.3. The maximum Gasteiger partial charge on any atom is 0.389 e. The normalized spacial score (nSPS) is 11.8. The maximum atomic E-state index is 12.0. The monoisotopic (exact) mass is 278 g/mol. The van der Waals surface area contributed by atoms with Crippen LogP contribution in [0.15, 0.2) is 0 Å². The van der Waals surface area contributed by atoms with E-state index in [1.54, 1.807) is 4.68 Å². The van der Waals surface area contributed by atoms with Crippen molar-refractivity contribution in [3.63, 3.8) is 0 Å². The van der Waals surface area contributed by atoms with Gasteiger partial charge in [0.1, 0.15) is 5.82 Å². The van der Waals surface area contributed by atoms with Crippen LogP contribution >= 0.6 is 0 Å². The first-order chi connectivity index (χ1) is 8.85. The fourth-order valence-electron chi connectivity index (χ4n) is 1.81. The molecular weight excluding hydrogens is 257 g/mol. The average molecular weight is 278 g/mol. The molecule has 0 unspecified atom stereocenters. The highest BCUT2D eigenvalue weighted by Crippen LogP contribution is 2.24. The minimum Gasteiger partial charge on any atom is -0.394 e. The summed E-state index contributed by atoms with van der Waals surface area (Å²) < 4.78 is 37.7. The van der Waals surface area contributed by atoms with E-state index in [0.717, 1.165) is 18.7 Å². The number of rotatable bonds is 7. The summed E-state index contributed by atoms with van der Waals surface area (Å²) >= 11 is 0. The molecule has 1 rings (SSSR count). The van der Waals surface area contributed by atoms with Crippen LogP contribution in [0, 0.1) is 6.92 Å². The van der Waals surface area contributed by atoms with Crippen molar-refractivity contribution in [3.05, 3.63) is 5.69 Å². The quantitative estimate of drug-likeness (QED) is 0.752. The van der Waals surface area contributed by atoms with E-state index in [9.17, 15) is 13.2 Å². The summed E-state index contributed by atoms with van der Waals surface area (Å²) in [6.07, 6.45) is -3.31. The first-order valence-electron chi connectivity index (χ1n) is 6.48. The number of anilines is 2. The lowest BCUT2D eigenvalue weighted by Crippen LogP contribution is -2.12. The fourth-order valence-corrected chi connectivity index (χ4v) is 1.81. The summed E-state index contributed by atoms with van der Waals surface area (Å²) in [5.74, 6) is 0.714. The second kappa shape index (κ2) is 6.68. The van der Waals surface area contributed by atoms with Crippen LogP contribution < -0.4 is 11.1 Å². The molecule has 110 valence electrons. The molecule has 0 amide bonds. The molecular formula is C12H21F3N4. The second-order valence-electron chi connectivity index (χ2n) is 4.57. The van der Waals surface area contributed by atoms with Crippen LogP contribution in [-0.2, 0) is 6.54 Å². The Morgan fingerprint density at radius 2 is 2.00 bits per heavy atom. The highest BCUT2D eigenvalue weighted by atomic mass is 19.4. The number of hydrogen-bond donors (Lipinski definition) is 2. The van der Waals surface area contributed by atoms with Crippen molar-refractivity contribution < 1.29 is 13.2 Å². The molecule has 0 aromatic carbocycles. The second-order valence-corrected chi connectivity index (χ2v) is 4.57. The number of nitrogen functional groups attached to an aromatic ring is 1. The van der Waals surface area contributed by atoms with E-state index in [4.69, 9.17) is 5.73 Å². The minimum atomic E-state index is -4.07. The van der Waals surface area contributed by atoms with Crippen molar-refractivity contribution in [2.24, 2.45) is 0 Å². The van der Waals surface area contributed by atoms with Crippen LogP contribution in [0.5, 0.6) is 0 Å². The van der Waals surface area contributed by atoms with E-state index in [1.165, 1.54) is 0 Å². The predicted octanol–water partition coefficient (Wildman–Crippen LogP) is 3.33. The van der Waals surface area contributed by atoms with Gasteiger partial charge in [-0.2, -0.15) is 18.3 Å². The summed E-state index contributed by atoms with van der Waals surface area (Å²) in [5.41, 5.74) is 7.21. The van der Waals surface area contributed by atoms with Gasteiger partial charge >= 0.3 is 6.18 Å². The summed E-state index contributed by atoms with van der Waals surface area (Å²) in [6.45, 7) is 5.05. The highest BCUT2D eigenvalue weighted by Gasteiger charge is 2.25. The lowest BCUT2D eigenvalue weighted by Gasteiger charge is -2.10. The van der Waals surface area contributed by atoms with Gasteiger partial charge in [0, 0.05) is 19.5 Å². The van der Waals surface area contributed by atoms with Gasteiger partial charge in [0.05, 0.1) is 11.4 Å². The lowest BCUT2D eigenvalue weighted by molar-refractivity contribution is -0.135. The molecule has 1 aromatic rings. The van der Waals surface area contributed by atoms with E-state index in [2.05, 4.69) is 10.4 Å². The van der Waals surface area contributed by atoms with Crippen molar-refractivity contribution in [2.45, 2.75) is 52.3 Å². The summed E-state index contributed by atoms with van der Waals surface area (Å²) in [7, 11) is 0. The number of unbranched alkanes of at least 4 members (excludes halogenated alkanes) is 1. The van der Waals surface area contributed by atoms with Gasteiger partial charge in [-0.1, -0.05) is 6.92 Å². The van der Waals surface area contributed by atoms with E-state index in [-0.39, 0.29) is 6.42 Å². The first-order valence-corrected chi connectivity index (χ1v) is 6.48. The number of nitrogens with one attached hydrogen (secondary N) is 1. The molecule has 0 aliphatic rings. The SMILES string of the molecule is CCCn1nc(C)c(N)c1NCCCCC(F)(F)F. The van der Waals surface area contributed by atoms with Crippen molar-refractivity contribution in [2.75, 3.05) is 17.6 Å². The molecule has 0 saturated carbocycles. The third kappa shape index (κ3) is 5.00. The Kier molecular flexibility index (Phi) is 5.50. The molecule has 3 N–H and O–H groups in total. The number of alkyl halides is 3. The van der Waals surface area contributed by atoms with Crippen LogP contribution in [0.1, 0.15) is 38.3 Å². The third-order valence-corrected chi connectivity index (χ3v) is 2.79. The van der Waals surface area contributed by atoms with Gasteiger partial charge in [-0.15, -0.1) is 0 Å². The van der Waals surface area contributed by atoms with Gasteiger partial charge in [-0.25, -0.2) is 4.68 Å². The number of nitrogens with zero attached hydrogens (tertiary/aromatic N) is 2. The molecule has 19 heavy (non-hydrogen) atoms. The third-order valence-electron chi connectivity index (χ3n) is 2.79.